The molecule has 0 unspecified atom stereocenters. The van der Waals surface area contributed by atoms with Crippen LogP contribution in [0.4, 0.5) is 5.69 Å². The average Bonchev–Trinajstić information content (AvgIpc) is 2.52. The maximum Gasteiger partial charge on any atom is 0.173 e. The van der Waals surface area contributed by atoms with Gasteiger partial charge in [-0.05, 0) is 48.8 Å². The van der Waals surface area contributed by atoms with E-state index in [0.29, 0.717) is 0 Å². The summed E-state index contributed by atoms with van der Waals surface area (Å²) in [5, 5.41) is 4.81. The van der Waals surface area contributed by atoms with Crippen molar-refractivity contribution in [3.05, 3.63) is 64.7 Å². The number of hydrogen-bond acceptors (Lipinski definition) is 1. The molecule has 1 N–H and O–H groups in total. The highest BCUT2D eigenvalue weighted by Crippen LogP contribution is 2.23. The highest BCUT2D eigenvalue weighted by atomic mass is 35.5. The summed E-state index contributed by atoms with van der Waals surface area (Å²) in [6.07, 6.45) is 1.04. The summed E-state index contributed by atoms with van der Waals surface area (Å²) >= 11 is 11.8. The van der Waals surface area contributed by atoms with Crippen LogP contribution in [0.15, 0.2) is 48.5 Å². The lowest BCUT2D eigenvalue weighted by molar-refractivity contribution is 0.418. The number of benzene rings is 2. The molecule has 0 bridgehead atoms. The summed E-state index contributed by atoms with van der Waals surface area (Å²) in [5.41, 5.74) is 3.23. The van der Waals surface area contributed by atoms with E-state index in [1.807, 2.05) is 31.2 Å². The Morgan fingerprint density at radius 1 is 1.14 bits per heavy atom. The van der Waals surface area contributed by atoms with Crippen molar-refractivity contribution in [3.8, 4) is 0 Å². The second-order valence-electron chi connectivity index (χ2n) is 5.25. The fraction of sp³-hybridized carbons (Fsp3) is 0.278. The molecule has 2 aromatic carbocycles. The predicted molar refractivity (Wildman–Crippen MR) is 99.6 cm³/mol. The number of rotatable bonds is 5. The minimum atomic E-state index is 0.732. The molecule has 0 spiro atoms. The Balaban J connectivity index is 2.11. The second-order valence-corrected chi connectivity index (χ2v) is 6.04. The fourth-order valence-electron chi connectivity index (χ4n) is 2.26. The highest BCUT2D eigenvalue weighted by molar-refractivity contribution is 7.80. The lowest BCUT2D eigenvalue weighted by Crippen LogP contribution is -2.35. The Morgan fingerprint density at radius 3 is 2.55 bits per heavy atom. The van der Waals surface area contributed by atoms with Gasteiger partial charge in [-0.15, -0.1) is 0 Å². The topological polar surface area (TPSA) is 15.3 Å². The Bertz CT molecular complexity index is 628. The zero-order valence-electron chi connectivity index (χ0n) is 13.0. The van der Waals surface area contributed by atoms with Crippen LogP contribution in [-0.4, -0.2) is 16.6 Å². The molecule has 2 nitrogen and oxygen atoms in total. The van der Waals surface area contributed by atoms with Gasteiger partial charge in [0, 0.05) is 23.8 Å². The zero-order chi connectivity index (χ0) is 15.9. The number of nitrogens with zero attached hydrogens (tertiary/aromatic N) is 1. The van der Waals surface area contributed by atoms with E-state index in [1.54, 1.807) is 0 Å². The molecule has 0 amide bonds. The molecule has 2 aromatic rings. The van der Waals surface area contributed by atoms with Crippen molar-refractivity contribution in [2.75, 3.05) is 11.9 Å². The summed E-state index contributed by atoms with van der Waals surface area (Å²) in [7, 11) is 0. The van der Waals surface area contributed by atoms with Crippen LogP contribution in [0.1, 0.15) is 24.5 Å². The zero-order valence-corrected chi connectivity index (χ0v) is 14.5. The SMILES string of the molecule is CCCN(Cc1ccccc1)C(=S)Nc1cccc(Cl)c1C. The van der Waals surface area contributed by atoms with Crippen molar-refractivity contribution >= 4 is 34.6 Å². The first-order valence-electron chi connectivity index (χ1n) is 7.46. The molecule has 0 aliphatic rings. The number of nitrogens with one attached hydrogen (secondary N) is 1. The summed E-state index contributed by atoms with van der Waals surface area (Å²) in [5.74, 6) is 0. The van der Waals surface area contributed by atoms with E-state index in [1.165, 1.54) is 5.56 Å². The normalized spacial score (nSPS) is 10.3. The standard InChI is InChI=1S/C18H21ClN2S/c1-3-12-21(13-15-8-5-4-6-9-15)18(22)20-17-11-7-10-16(19)14(17)2/h4-11H,3,12-13H2,1-2H3,(H,20,22). The lowest BCUT2D eigenvalue weighted by Gasteiger charge is -2.26. The fourth-order valence-corrected chi connectivity index (χ4v) is 2.70. The van der Waals surface area contributed by atoms with Crippen LogP contribution in [0.5, 0.6) is 0 Å². The quantitative estimate of drug-likeness (QED) is 0.752. The number of anilines is 1. The van der Waals surface area contributed by atoms with Gasteiger partial charge in [0.05, 0.1) is 0 Å². The third-order valence-corrected chi connectivity index (χ3v) is 4.28. The number of thiocarbonyl (C=S) groups is 1. The Kier molecular flexibility index (Phi) is 6.22. The van der Waals surface area contributed by atoms with E-state index in [0.717, 1.165) is 40.9 Å². The minimum absolute atomic E-state index is 0.732. The van der Waals surface area contributed by atoms with Crippen LogP contribution < -0.4 is 5.32 Å². The van der Waals surface area contributed by atoms with Crippen LogP contribution >= 0.6 is 23.8 Å². The predicted octanol–water partition coefficient (Wildman–Crippen LogP) is 5.26. The van der Waals surface area contributed by atoms with Crippen LogP contribution in [0.3, 0.4) is 0 Å². The van der Waals surface area contributed by atoms with Gasteiger partial charge in [0.2, 0.25) is 0 Å². The largest absolute Gasteiger partial charge is 0.345 e. The van der Waals surface area contributed by atoms with Gasteiger partial charge in [-0.2, -0.15) is 0 Å². The molecule has 0 saturated carbocycles. The Labute approximate surface area is 143 Å². The van der Waals surface area contributed by atoms with Gasteiger partial charge in [-0.25, -0.2) is 0 Å². The summed E-state index contributed by atoms with van der Waals surface area (Å²) in [6.45, 7) is 5.88. The second kappa shape index (κ2) is 8.16. The van der Waals surface area contributed by atoms with Gasteiger partial charge in [-0.3, -0.25) is 0 Å². The molecule has 0 atom stereocenters. The molecule has 0 heterocycles. The van der Waals surface area contributed by atoms with E-state index >= 15 is 0 Å². The first-order chi connectivity index (χ1) is 10.6. The van der Waals surface area contributed by atoms with E-state index in [9.17, 15) is 0 Å². The molecule has 22 heavy (non-hydrogen) atoms. The van der Waals surface area contributed by atoms with Crippen LogP contribution in [0.25, 0.3) is 0 Å². The van der Waals surface area contributed by atoms with Crippen LogP contribution in [0, 0.1) is 6.92 Å². The molecule has 2 rings (SSSR count). The van der Waals surface area contributed by atoms with Crippen molar-refractivity contribution in [3.63, 3.8) is 0 Å². The average molecular weight is 333 g/mol. The molecule has 4 heteroatoms. The number of hydrogen-bond donors (Lipinski definition) is 1. The molecule has 116 valence electrons. The van der Waals surface area contributed by atoms with Gasteiger partial charge in [0.1, 0.15) is 0 Å². The van der Waals surface area contributed by atoms with Crippen molar-refractivity contribution in [1.82, 2.24) is 4.90 Å². The number of halogens is 1. The van der Waals surface area contributed by atoms with E-state index in [2.05, 4.69) is 41.4 Å². The molecule has 0 radical (unpaired) electrons. The molecule has 0 aliphatic heterocycles. The third kappa shape index (κ3) is 4.46. The van der Waals surface area contributed by atoms with Gasteiger partial charge in [0.15, 0.2) is 5.11 Å². The molecule has 0 fully saturated rings. The highest BCUT2D eigenvalue weighted by Gasteiger charge is 2.11. The van der Waals surface area contributed by atoms with Gasteiger partial charge in [0.25, 0.3) is 0 Å². The molecule has 0 saturated heterocycles. The summed E-state index contributed by atoms with van der Waals surface area (Å²) < 4.78 is 0. The first-order valence-corrected chi connectivity index (χ1v) is 8.25. The Morgan fingerprint density at radius 2 is 1.86 bits per heavy atom. The molecule has 0 aliphatic carbocycles. The van der Waals surface area contributed by atoms with Gasteiger partial charge >= 0.3 is 0 Å². The molecule has 0 aromatic heterocycles. The molecular formula is C18H21ClN2S. The Hall–Kier alpha value is -1.58. The first kappa shape index (κ1) is 16.8. The molecular weight excluding hydrogens is 312 g/mol. The summed E-state index contributed by atoms with van der Waals surface area (Å²) in [6, 6.07) is 16.2. The van der Waals surface area contributed by atoms with Gasteiger partial charge < -0.3 is 10.2 Å². The van der Waals surface area contributed by atoms with Gasteiger partial charge in [-0.1, -0.05) is 54.9 Å². The van der Waals surface area contributed by atoms with Crippen LogP contribution in [0.2, 0.25) is 5.02 Å². The van der Waals surface area contributed by atoms with Crippen molar-refractivity contribution < 1.29 is 0 Å². The van der Waals surface area contributed by atoms with Crippen molar-refractivity contribution in [2.24, 2.45) is 0 Å². The van der Waals surface area contributed by atoms with Crippen molar-refractivity contribution in [1.29, 1.82) is 0 Å². The van der Waals surface area contributed by atoms with Crippen molar-refractivity contribution in [2.45, 2.75) is 26.8 Å². The lowest BCUT2D eigenvalue weighted by atomic mass is 10.2. The minimum Gasteiger partial charge on any atom is -0.345 e. The smallest absolute Gasteiger partial charge is 0.173 e. The summed E-state index contributed by atoms with van der Waals surface area (Å²) in [4.78, 5) is 2.19. The van der Waals surface area contributed by atoms with Crippen LogP contribution in [-0.2, 0) is 6.54 Å². The monoisotopic (exact) mass is 332 g/mol. The third-order valence-electron chi connectivity index (χ3n) is 3.51. The van der Waals surface area contributed by atoms with E-state index in [-0.39, 0.29) is 0 Å². The van der Waals surface area contributed by atoms with E-state index < -0.39 is 0 Å². The maximum absolute atomic E-state index is 6.17. The van der Waals surface area contributed by atoms with E-state index in [4.69, 9.17) is 23.8 Å². The maximum atomic E-state index is 6.17.